The van der Waals surface area contributed by atoms with Crippen molar-refractivity contribution in [1.29, 1.82) is 0 Å². The molecular formula is C18H23N5O2. The highest BCUT2D eigenvalue weighted by molar-refractivity contribution is 5.95. The molecule has 3 rings (SSSR count). The van der Waals surface area contributed by atoms with E-state index in [1.54, 1.807) is 11.1 Å². The van der Waals surface area contributed by atoms with Crippen molar-refractivity contribution < 1.29 is 9.59 Å². The average Bonchev–Trinajstić information content (AvgIpc) is 3.23. The van der Waals surface area contributed by atoms with Crippen molar-refractivity contribution in [1.82, 2.24) is 20.0 Å². The summed E-state index contributed by atoms with van der Waals surface area (Å²) in [7, 11) is 0. The predicted molar refractivity (Wildman–Crippen MR) is 94.6 cm³/mol. The molecule has 0 aliphatic carbocycles. The molecule has 1 aliphatic rings. The van der Waals surface area contributed by atoms with Gasteiger partial charge >= 0.3 is 6.03 Å². The molecule has 1 aliphatic heterocycles. The second-order valence-electron chi connectivity index (χ2n) is 6.25. The number of urea groups is 1. The Morgan fingerprint density at radius 3 is 2.72 bits per heavy atom. The van der Waals surface area contributed by atoms with Gasteiger partial charge in [0.05, 0.1) is 23.1 Å². The second-order valence-corrected chi connectivity index (χ2v) is 6.25. The van der Waals surface area contributed by atoms with Crippen molar-refractivity contribution in [2.75, 3.05) is 13.1 Å². The maximum atomic E-state index is 12.7. The molecule has 0 bridgehead atoms. The lowest BCUT2D eigenvalue weighted by Gasteiger charge is -2.15. The van der Waals surface area contributed by atoms with Gasteiger partial charge < -0.3 is 16.0 Å². The van der Waals surface area contributed by atoms with E-state index in [9.17, 15) is 9.59 Å². The fraction of sp³-hybridized carbons (Fsp3) is 0.389. The minimum absolute atomic E-state index is 0.0745. The smallest absolute Gasteiger partial charge is 0.314 e. The number of primary amides is 1. The second kappa shape index (κ2) is 7.38. The summed E-state index contributed by atoms with van der Waals surface area (Å²) in [6.07, 6.45) is 4.01. The highest BCUT2D eigenvalue weighted by Crippen LogP contribution is 2.18. The molecule has 0 radical (unpaired) electrons. The summed E-state index contributed by atoms with van der Waals surface area (Å²) in [5.41, 5.74) is 7.72. The van der Waals surface area contributed by atoms with Crippen LogP contribution in [0.15, 0.2) is 36.5 Å². The number of aromatic nitrogens is 2. The van der Waals surface area contributed by atoms with Gasteiger partial charge in [-0.25, -0.2) is 9.48 Å². The van der Waals surface area contributed by atoms with E-state index >= 15 is 0 Å². The first-order chi connectivity index (χ1) is 12.1. The number of nitrogens with two attached hydrogens (primary N) is 1. The Morgan fingerprint density at radius 2 is 2.08 bits per heavy atom. The molecule has 0 unspecified atom stereocenters. The fourth-order valence-electron chi connectivity index (χ4n) is 3.17. The Labute approximate surface area is 146 Å². The number of amides is 3. The van der Waals surface area contributed by atoms with Gasteiger partial charge in [0.1, 0.15) is 0 Å². The Kier molecular flexibility index (Phi) is 5.02. The highest BCUT2D eigenvalue weighted by Gasteiger charge is 2.27. The minimum Gasteiger partial charge on any atom is -0.351 e. The van der Waals surface area contributed by atoms with E-state index in [-0.39, 0.29) is 11.9 Å². The summed E-state index contributed by atoms with van der Waals surface area (Å²) in [6, 6.07) is 9.26. The van der Waals surface area contributed by atoms with Crippen molar-refractivity contribution in [2.24, 2.45) is 5.73 Å². The van der Waals surface area contributed by atoms with E-state index in [4.69, 9.17) is 5.73 Å². The normalized spacial score (nSPS) is 16.8. The molecule has 1 fully saturated rings. The molecule has 7 heteroatoms. The van der Waals surface area contributed by atoms with E-state index in [1.807, 2.05) is 35.0 Å². The number of carbonyl (C=O) groups is 2. The van der Waals surface area contributed by atoms with Crippen LogP contribution in [0.5, 0.6) is 0 Å². The van der Waals surface area contributed by atoms with Crippen LogP contribution in [0.25, 0.3) is 5.69 Å². The molecule has 2 aromatic rings. The van der Waals surface area contributed by atoms with E-state index < -0.39 is 6.03 Å². The van der Waals surface area contributed by atoms with Crippen molar-refractivity contribution in [2.45, 2.75) is 32.2 Å². The largest absolute Gasteiger partial charge is 0.351 e. The van der Waals surface area contributed by atoms with Gasteiger partial charge in [0, 0.05) is 19.1 Å². The molecule has 1 aromatic carbocycles. The van der Waals surface area contributed by atoms with Gasteiger partial charge in [-0.1, -0.05) is 31.5 Å². The van der Waals surface area contributed by atoms with Crippen LogP contribution >= 0.6 is 0 Å². The Balaban J connectivity index is 1.79. The summed E-state index contributed by atoms with van der Waals surface area (Å²) in [6.45, 7) is 3.11. The lowest BCUT2D eigenvalue weighted by atomic mass is 10.1. The maximum Gasteiger partial charge on any atom is 0.314 e. The Bertz CT molecular complexity index is 756. The monoisotopic (exact) mass is 341 g/mol. The number of benzene rings is 1. The molecule has 7 nitrogen and oxygen atoms in total. The van der Waals surface area contributed by atoms with Crippen molar-refractivity contribution in [3.63, 3.8) is 0 Å². The van der Waals surface area contributed by atoms with Gasteiger partial charge in [-0.2, -0.15) is 5.10 Å². The fourth-order valence-corrected chi connectivity index (χ4v) is 3.17. The van der Waals surface area contributed by atoms with Crippen LogP contribution in [0.1, 0.15) is 35.8 Å². The van der Waals surface area contributed by atoms with Gasteiger partial charge in [-0.15, -0.1) is 0 Å². The van der Waals surface area contributed by atoms with E-state index in [2.05, 4.69) is 17.3 Å². The lowest BCUT2D eigenvalue weighted by molar-refractivity contribution is 0.0937. The maximum absolute atomic E-state index is 12.7. The summed E-state index contributed by atoms with van der Waals surface area (Å²) in [5, 5.41) is 7.42. The molecule has 25 heavy (non-hydrogen) atoms. The Morgan fingerprint density at radius 1 is 1.32 bits per heavy atom. The molecule has 0 spiro atoms. The highest BCUT2D eigenvalue weighted by atomic mass is 16.2. The average molecular weight is 341 g/mol. The summed E-state index contributed by atoms with van der Waals surface area (Å²) in [5.74, 6) is -0.151. The third kappa shape index (κ3) is 3.65. The number of hydrogen-bond donors (Lipinski definition) is 2. The zero-order valence-electron chi connectivity index (χ0n) is 14.3. The topological polar surface area (TPSA) is 93.2 Å². The van der Waals surface area contributed by atoms with Gasteiger partial charge in [-0.05, 0) is 25.0 Å². The standard InChI is InChI=1S/C18H23N5O2/c1-2-6-16-15(11-20-23(16)14-7-4-3-5-8-14)17(24)21-13-9-10-22(12-13)18(19)25/h3-5,7-8,11,13H,2,6,9-10,12H2,1H3,(H2,19,25)(H,21,24)/t13-/m0/s1. The number of hydrogen-bond acceptors (Lipinski definition) is 3. The van der Waals surface area contributed by atoms with E-state index in [0.717, 1.165) is 24.2 Å². The zero-order chi connectivity index (χ0) is 17.8. The molecule has 1 atom stereocenters. The van der Waals surface area contributed by atoms with E-state index in [0.29, 0.717) is 25.1 Å². The third-order valence-electron chi connectivity index (χ3n) is 4.44. The summed E-state index contributed by atoms with van der Waals surface area (Å²) < 4.78 is 1.82. The number of rotatable bonds is 5. The van der Waals surface area contributed by atoms with Gasteiger partial charge in [0.15, 0.2) is 0 Å². The van der Waals surface area contributed by atoms with Crippen LogP contribution in [-0.2, 0) is 6.42 Å². The number of nitrogens with one attached hydrogen (secondary N) is 1. The number of nitrogens with zero attached hydrogens (tertiary/aromatic N) is 3. The van der Waals surface area contributed by atoms with Crippen molar-refractivity contribution >= 4 is 11.9 Å². The number of likely N-dealkylation sites (tertiary alicyclic amines) is 1. The molecule has 1 saturated heterocycles. The number of para-hydroxylation sites is 1. The van der Waals surface area contributed by atoms with Crippen LogP contribution < -0.4 is 11.1 Å². The van der Waals surface area contributed by atoms with Gasteiger partial charge in [0.25, 0.3) is 5.91 Å². The molecule has 2 heterocycles. The van der Waals surface area contributed by atoms with Crippen LogP contribution in [0, 0.1) is 0 Å². The van der Waals surface area contributed by atoms with Crippen LogP contribution in [0.2, 0.25) is 0 Å². The van der Waals surface area contributed by atoms with E-state index in [1.165, 1.54) is 0 Å². The predicted octanol–water partition coefficient (Wildman–Crippen LogP) is 1.71. The third-order valence-corrected chi connectivity index (χ3v) is 4.44. The minimum atomic E-state index is -0.444. The SMILES string of the molecule is CCCc1c(C(=O)N[C@H]2CCN(C(N)=O)C2)cnn1-c1ccccc1. The zero-order valence-corrected chi connectivity index (χ0v) is 14.3. The van der Waals surface area contributed by atoms with Crippen LogP contribution in [0.4, 0.5) is 4.79 Å². The van der Waals surface area contributed by atoms with Crippen LogP contribution in [-0.4, -0.2) is 45.8 Å². The van der Waals surface area contributed by atoms with Crippen molar-refractivity contribution in [3.8, 4) is 5.69 Å². The van der Waals surface area contributed by atoms with Crippen molar-refractivity contribution in [3.05, 3.63) is 47.8 Å². The molecule has 3 amide bonds. The first-order valence-electron chi connectivity index (χ1n) is 8.57. The quantitative estimate of drug-likeness (QED) is 0.867. The molecule has 0 saturated carbocycles. The molecule has 1 aromatic heterocycles. The molecule has 3 N–H and O–H groups in total. The summed E-state index contributed by atoms with van der Waals surface area (Å²) >= 11 is 0. The molecule has 132 valence electrons. The van der Waals surface area contributed by atoms with Crippen LogP contribution in [0.3, 0.4) is 0 Å². The van der Waals surface area contributed by atoms with Gasteiger partial charge in [0.2, 0.25) is 0 Å². The number of carbonyl (C=O) groups excluding carboxylic acids is 2. The first-order valence-corrected chi connectivity index (χ1v) is 8.57. The Hall–Kier alpha value is -2.83. The lowest BCUT2D eigenvalue weighted by Crippen LogP contribution is -2.40. The van der Waals surface area contributed by atoms with Gasteiger partial charge in [-0.3, -0.25) is 4.79 Å². The molecular weight excluding hydrogens is 318 g/mol. The summed E-state index contributed by atoms with van der Waals surface area (Å²) in [4.78, 5) is 25.5. The first kappa shape index (κ1) is 17.0.